The van der Waals surface area contributed by atoms with Crippen LogP contribution in [0, 0.1) is 5.92 Å². The molecule has 0 radical (unpaired) electrons. The van der Waals surface area contributed by atoms with E-state index < -0.39 is 24.0 Å². The van der Waals surface area contributed by atoms with Gasteiger partial charge in [0.2, 0.25) is 0 Å². The standard InChI is InChI=1S/C16H32N2O4/c1-4-5-7-10-17-15(21)13(19)14(20)16(22)18-11-8-6-9-12(2)3/h12-14,19-20H,4-11H2,1-3H3,(H,17,21)(H,18,22). The van der Waals surface area contributed by atoms with E-state index in [2.05, 4.69) is 24.5 Å². The van der Waals surface area contributed by atoms with Gasteiger partial charge in [-0.15, -0.1) is 0 Å². The average molecular weight is 316 g/mol. The SMILES string of the molecule is CCCCCNC(=O)C(O)C(O)C(=O)NCCCCC(C)C. The van der Waals surface area contributed by atoms with Crippen molar-refractivity contribution < 1.29 is 19.8 Å². The maximum absolute atomic E-state index is 11.7. The lowest BCUT2D eigenvalue weighted by molar-refractivity contribution is -0.146. The predicted octanol–water partition coefficient (Wildman–Crippen LogP) is 0.957. The molecule has 0 aromatic carbocycles. The first kappa shape index (κ1) is 20.9. The smallest absolute Gasteiger partial charge is 0.252 e. The van der Waals surface area contributed by atoms with Crippen molar-refractivity contribution in [2.75, 3.05) is 13.1 Å². The van der Waals surface area contributed by atoms with Crippen molar-refractivity contribution in [3.05, 3.63) is 0 Å². The number of carbonyl (C=O) groups excluding carboxylic acids is 2. The van der Waals surface area contributed by atoms with Gasteiger partial charge in [0.15, 0.2) is 12.2 Å². The van der Waals surface area contributed by atoms with Crippen LogP contribution in [0.3, 0.4) is 0 Å². The number of aliphatic hydroxyl groups is 2. The molecule has 0 saturated heterocycles. The van der Waals surface area contributed by atoms with Gasteiger partial charge in [0.05, 0.1) is 0 Å². The van der Waals surface area contributed by atoms with Crippen molar-refractivity contribution in [3.63, 3.8) is 0 Å². The second kappa shape index (κ2) is 12.4. The molecule has 22 heavy (non-hydrogen) atoms. The van der Waals surface area contributed by atoms with Gasteiger partial charge in [-0.1, -0.05) is 46.5 Å². The molecule has 0 aromatic heterocycles. The molecule has 2 amide bonds. The molecular weight excluding hydrogens is 284 g/mol. The third kappa shape index (κ3) is 9.73. The van der Waals surface area contributed by atoms with Gasteiger partial charge < -0.3 is 20.8 Å². The molecule has 0 rings (SSSR count). The van der Waals surface area contributed by atoms with E-state index >= 15 is 0 Å². The van der Waals surface area contributed by atoms with Crippen LogP contribution in [-0.4, -0.2) is 47.3 Å². The van der Waals surface area contributed by atoms with Crippen LogP contribution in [0.5, 0.6) is 0 Å². The molecule has 2 unspecified atom stereocenters. The molecule has 0 aliphatic rings. The fraction of sp³-hybridized carbons (Fsp3) is 0.875. The fourth-order valence-corrected chi connectivity index (χ4v) is 1.97. The van der Waals surface area contributed by atoms with E-state index in [1.54, 1.807) is 0 Å². The molecule has 6 heteroatoms. The summed E-state index contributed by atoms with van der Waals surface area (Å²) in [6.07, 6.45) is 2.27. The van der Waals surface area contributed by atoms with Crippen LogP contribution in [0.25, 0.3) is 0 Å². The van der Waals surface area contributed by atoms with Crippen molar-refractivity contribution in [2.45, 2.75) is 71.5 Å². The number of carbonyl (C=O) groups is 2. The summed E-state index contributed by atoms with van der Waals surface area (Å²) < 4.78 is 0. The van der Waals surface area contributed by atoms with Gasteiger partial charge in [-0.3, -0.25) is 9.59 Å². The Kier molecular flexibility index (Phi) is 11.8. The third-order valence-electron chi connectivity index (χ3n) is 3.42. The van der Waals surface area contributed by atoms with Gasteiger partial charge in [0, 0.05) is 13.1 Å². The summed E-state index contributed by atoms with van der Waals surface area (Å²) in [5.41, 5.74) is 0. The fourth-order valence-electron chi connectivity index (χ4n) is 1.97. The van der Waals surface area contributed by atoms with Crippen LogP contribution in [0.15, 0.2) is 0 Å². The maximum atomic E-state index is 11.7. The zero-order valence-corrected chi connectivity index (χ0v) is 14.1. The maximum Gasteiger partial charge on any atom is 0.252 e. The van der Waals surface area contributed by atoms with E-state index in [1.165, 1.54) is 0 Å². The van der Waals surface area contributed by atoms with Gasteiger partial charge >= 0.3 is 0 Å². The molecule has 6 nitrogen and oxygen atoms in total. The first-order valence-electron chi connectivity index (χ1n) is 8.31. The van der Waals surface area contributed by atoms with Gasteiger partial charge in [0.1, 0.15) is 0 Å². The Labute approximate surface area is 133 Å². The van der Waals surface area contributed by atoms with Crippen LogP contribution in [-0.2, 0) is 9.59 Å². The number of hydrogen-bond acceptors (Lipinski definition) is 4. The van der Waals surface area contributed by atoms with Gasteiger partial charge in [0.25, 0.3) is 11.8 Å². The van der Waals surface area contributed by atoms with Gasteiger partial charge in [-0.05, 0) is 18.8 Å². The molecule has 0 aliphatic carbocycles. The molecule has 0 fully saturated rings. The zero-order valence-electron chi connectivity index (χ0n) is 14.1. The highest BCUT2D eigenvalue weighted by Crippen LogP contribution is 2.05. The third-order valence-corrected chi connectivity index (χ3v) is 3.42. The van der Waals surface area contributed by atoms with E-state index in [1.807, 2.05) is 6.92 Å². The lowest BCUT2D eigenvalue weighted by Crippen LogP contribution is -2.49. The largest absolute Gasteiger partial charge is 0.380 e. The highest BCUT2D eigenvalue weighted by molar-refractivity contribution is 5.90. The summed E-state index contributed by atoms with van der Waals surface area (Å²) in [5, 5.41) is 24.4. The monoisotopic (exact) mass is 316 g/mol. The lowest BCUT2D eigenvalue weighted by atomic mass is 10.1. The van der Waals surface area contributed by atoms with E-state index in [4.69, 9.17) is 0 Å². The van der Waals surface area contributed by atoms with Crippen LogP contribution >= 0.6 is 0 Å². The molecule has 0 aliphatic heterocycles. The van der Waals surface area contributed by atoms with Crippen LogP contribution < -0.4 is 10.6 Å². The Bertz CT molecular complexity index is 321. The van der Waals surface area contributed by atoms with Crippen LogP contribution in [0.2, 0.25) is 0 Å². The topological polar surface area (TPSA) is 98.7 Å². The number of amides is 2. The molecule has 0 bridgehead atoms. The van der Waals surface area contributed by atoms with E-state index in [0.29, 0.717) is 19.0 Å². The second-order valence-corrected chi connectivity index (χ2v) is 6.07. The number of hydrogen-bond donors (Lipinski definition) is 4. The average Bonchev–Trinajstić information content (AvgIpc) is 2.48. The summed E-state index contributed by atoms with van der Waals surface area (Å²) in [6, 6.07) is 0. The van der Waals surface area contributed by atoms with E-state index in [0.717, 1.165) is 38.5 Å². The van der Waals surface area contributed by atoms with Crippen molar-refractivity contribution in [2.24, 2.45) is 5.92 Å². The highest BCUT2D eigenvalue weighted by atomic mass is 16.3. The van der Waals surface area contributed by atoms with Crippen molar-refractivity contribution in [3.8, 4) is 0 Å². The van der Waals surface area contributed by atoms with Crippen molar-refractivity contribution >= 4 is 11.8 Å². The summed E-state index contributed by atoms with van der Waals surface area (Å²) >= 11 is 0. The van der Waals surface area contributed by atoms with Crippen molar-refractivity contribution in [1.82, 2.24) is 10.6 Å². The Balaban J connectivity index is 3.92. The molecule has 130 valence electrons. The second-order valence-electron chi connectivity index (χ2n) is 6.07. The van der Waals surface area contributed by atoms with Crippen molar-refractivity contribution in [1.29, 1.82) is 0 Å². The summed E-state index contributed by atoms with van der Waals surface area (Å²) in [6.45, 7) is 7.20. The van der Waals surface area contributed by atoms with Gasteiger partial charge in [-0.2, -0.15) is 0 Å². The van der Waals surface area contributed by atoms with E-state index in [9.17, 15) is 19.8 Å². The number of rotatable bonds is 12. The molecule has 0 saturated carbocycles. The Morgan fingerprint density at radius 2 is 1.32 bits per heavy atom. The Morgan fingerprint density at radius 1 is 0.864 bits per heavy atom. The van der Waals surface area contributed by atoms with Crippen LogP contribution in [0.4, 0.5) is 0 Å². The Morgan fingerprint density at radius 3 is 1.73 bits per heavy atom. The first-order chi connectivity index (χ1) is 10.4. The Hall–Kier alpha value is -1.14. The molecule has 4 N–H and O–H groups in total. The molecule has 0 aromatic rings. The first-order valence-corrected chi connectivity index (χ1v) is 8.31. The summed E-state index contributed by atoms with van der Waals surface area (Å²) in [4.78, 5) is 23.3. The molecule has 0 heterocycles. The van der Waals surface area contributed by atoms with Crippen LogP contribution in [0.1, 0.15) is 59.3 Å². The molecule has 2 atom stereocenters. The summed E-state index contributed by atoms with van der Waals surface area (Å²) in [5.74, 6) is -0.793. The van der Waals surface area contributed by atoms with Gasteiger partial charge in [-0.25, -0.2) is 0 Å². The van der Waals surface area contributed by atoms with E-state index in [-0.39, 0.29) is 0 Å². The molecular formula is C16H32N2O4. The minimum absolute atomic E-state index is 0.438. The minimum atomic E-state index is -1.73. The number of aliphatic hydroxyl groups excluding tert-OH is 2. The lowest BCUT2D eigenvalue weighted by Gasteiger charge is -2.17. The molecule has 0 spiro atoms. The number of unbranched alkanes of at least 4 members (excludes halogenated alkanes) is 3. The summed E-state index contributed by atoms with van der Waals surface area (Å²) in [7, 11) is 0. The zero-order chi connectivity index (χ0) is 17.0. The quantitative estimate of drug-likeness (QED) is 0.403. The number of nitrogens with one attached hydrogen (secondary N) is 2. The minimum Gasteiger partial charge on any atom is -0.380 e. The predicted molar refractivity (Wildman–Crippen MR) is 86.2 cm³/mol. The normalized spacial score (nSPS) is 13.7. The highest BCUT2D eigenvalue weighted by Gasteiger charge is 2.29.